The Labute approximate surface area is 122 Å². The van der Waals surface area contributed by atoms with E-state index in [-0.39, 0.29) is 5.91 Å². The minimum atomic E-state index is 0.0118. The Hall–Kier alpha value is -0.380. The van der Waals surface area contributed by atoms with Crippen molar-refractivity contribution in [1.82, 2.24) is 5.32 Å². The van der Waals surface area contributed by atoms with Crippen LogP contribution in [0.3, 0.4) is 0 Å². The molecule has 2 nitrogen and oxygen atoms in total. The minimum absolute atomic E-state index is 0.0118. The largest absolute Gasteiger partial charge is 0.355 e. The van der Waals surface area contributed by atoms with E-state index in [1.165, 1.54) is 0 Å². The molecule has 1 aromatic carbocycles. The number of nitrogens with one attached hydrogen (secondary N) is 1. The van der Waals surface area contributed by atoms with Crippen LogP contribution in [0.4, 0.5) is 0 Å². The lowest BCUT2D eigenvalue weighted by Crippen LogP contribution is -2.27. The standard InChI is InChI=1S/C13H17Cl2NOS/c1-9(2)18-6-5-16-13(17)8-10-3-4-11(14)12(15)7-10/h3-4,7,9H,5-6,8H2,1-2H3,(H,16,17). The van der Waals surface area contributed by atoms with Gasteiger partial charge in [-0.3, -0.25) is 4.79 Å². The highest BCUT2D eigenvalue weighted by Crippen LogP contribution is 2.22. The lowest BCUT2D eigenvalue weighted by atomic mass is 10.1. The summed E-state index contributed by atoms with van der Waals surface area (Å²) in [7, 11) is 0. The molecule has 0 atom stereocenters. The zero-order valence-corrected chi connectivity index (χ0v) is 12.8. The maximum atomic E-state index is 11.7. The van der Waals surface area contributed by atoms with Crippen LogP contribution in [0, 0.1) is 0 Å². The summed E-state index contributed by atoms with van der Waals surface area (Å²) >= 11 is 13.5. The molecule has 1 aromatic rings. The highest BCUT2D eigenvalue weighted by Gasteiger charge is 2.05. The SMILES string of the molecule is CC(C)SCCNC(=O)Cc1ccc(Cl)c(Cl)c1. The first-order valence-corrected chi connectivity index (χ1v) is 7.61. The van der Waals surface area contributed by atoms with Gasteiger partial charge < -0.3 is 5.32 Å². The highest BCUT2D eigenvalue weighted by atomic mass is 35.5. The molecule has 0 spiro atoms. The van der Waals surface area contributed by atoms with E-state index in [1.807, 2.05) is 17.8 Å². The fourth-order valence-electron chi connectivity index (χ4n) is 1.38. The van der Waals surface area contributed by atoms with Gasteiger partial charge in [0.2, 0.25) is 5.91 Å². The average molecular weight is 306 g/mol. The molecule has 0 saturated carbocycles. The number of carbonyl (C=O) groups is 1. The summed E-state index contributed by atoms with van der Waals surface area (Å²) in [5.41, 5.74) is 0.874. The lowest BCUT2D eigenvalue weighted by Gasteiger charge is -2.07. The van der Waals surface area contributed by atoms with Crippen molar-refractivity contribution in [3.05, 3.63) is 33.8 Å². The van der Waals surface area contributed by atoms with Crippen molar-refractivity contribution in [2.24, 2.45) is 0 Å². The quantitative estimate of drug-likeness (QED) is 0.810. The predicted molar refractivity (Wildman–Crippen MR) is 80.8 cm³/mol. The third-order valence-corrected chi connectivity index (χ3v) is 4.07. The molecule has 0 aliphatic rings. The van der Waals surface area contributed by atoms with Crippen molar-refractivity contribution >= 4 is 40.9 Å². The van der Waals surface area contributed by atoms with Gasteiger partial charge in [-0.1, -0.05) is 43.1 Å². The van der Waals surface area contributed by atoms with Crippen LogP contribution in [-0.2, 0) is 11.2 Å². The number of amides is 1. The van der Waals surface area contributed by atoms with Crippen molar-refractivity contribution in [1.29, 1.82) is 0 Å². The molecule has 100 valence electrons. The highest BCUT2D eigenvalue weighted by molar-refractivity contribution is 7.99. The fraction of sp³-hybridized carbons (Fsp3) is 0.462. The number of thioether (sulfide) groups is 1. The van der Waals surface area contributed by atoms with Crippen LogP contribution in [0.5, 0.6) is 0 Å². The van der Waals surface area contributed by atoms with Crippen molar-refractivity contribution in [2.75, 3.05) is 12.3 Å². The molecule has 1 N–H and O–H groups in total. The Morgan fingerprint density at radius 3 is 2.67 bits per heavy atom. The van der Waals surface area contributed by atoms with Crippen LogP contribution in [-0.4, -0.2) is 23.5 Å². The Balaban J connectivity index is 2.33. The van der Waals surface area contributed by atoms with Crippen LogP contribution >= 0.6 is 35.0 Å². The summed E-state index contributed by atoms with van der Waals surface area (Å²) in [5, 5.41) is 4.47. The molecule has 0 aliphatic carbocycles. The molecule has 1 amide bonds. The number of hydrogen-bond donors (Lipinski definition) is 1. The fourth-order valence-corrected chi connectivity index (χ4v) is 2.39. The molecule has 0 aromatic heterocycles. The smallest absolute Gasteiger partial charge is 0.224 e. The number of hydrogen-bond acceptors (Lipinski definition) is 2. The van der Waals surface area contributed by atoms with Gasteiger partial charge in [0, 0.05) is 12.3 Å². The molecular weight excluding hydrogens is 289 g/mol. The summed E-state index contributed by atoms with van der Waals surface area (Å²) in [4.78, 5) is 11.7. The maximum absolute atomic E-state index is 11.7. The van der Waals surface area contributed by atoms with E-state index in [0.717, 1.165) is 11.3 Å². The van der Waals surface area contributed by atoms with Crippen LogP contribution in [0.2, 0.25) is 10.0 Å². The monoisotopic (exact) mass is 305 g/mol. The van der Waals surface area contributed by atoms with Crippen molar-refractivity contribution in [3.63, 3.8) is 0 Å². The maximum Gasteiger partial charge on any atom is 0.224 e. The van der Waals surface area contributed by atoms with E-state index < -0.39 is 0 Å². The minimum Gasteiger partial charge on any atom is -0.355 e. The van der Waals surface area contributed by atoms with Gasteiger partial charge >= 0.3 is 0 Å². The van der Waals surface area contributed by atoms with Gasteiger partial charge in [-0.2, -0.15) is 11.8 Å². The van der Waals surface area contributed by atoms with E-state index in [1.54, 1.807) is 12.1 Å². The second kappa shape index (κ2) is 7.93. The van der Waals surface area contributed by atoms with E-state index in [2.05, 4.69) is 19.2 Å². The topological polar surface area (TPSA) is 29.1 Å². The predicted octanol–water partition coefficient (Wildman–Crippen LogP) is 3.79. The summed E-state index contributed by atoms with van der Waals surface area (Å²) in [5.74, 6) is 0.947. The molecule has 0 bridgehead atoms. The number of benzene rings is 1. The third-order valence-electron chi connectivity index (χ3n) is 2.22. The van der Waals surface area contributed by atoms with Crippen LogP contribution < -0.4 is 5.32 Å². The number of carbonyl (C=O) groups excluding carboxylic acids is 1. The Morgan fingerprint density at radius 2 is 2.06 bits per heavy atom. The van der Waals surface area contributed by atoms with E-state index in [0.29, 0.717) is 28.3 Å². The Morgan fingerprint density at radius 1 is 1.33 bits per heavy atom. The first-order valence-electron chi connectivity index (χ1n) is 5.81. The van der Waals surface area contributed by atoms with Crippen LogP contribution in [0.25, 0.3) is 0 Å². The molecule has 0 saturated heterocycles. The first kappa shape index (κ1) is 15.7. The molecule has 5 heteroatoms. The molecule has 0 fully saturated rings. The van der Waals surface area contributed by atoms with Gasteiger partial charge in [-0.25, -0.2) is 0 Å². The van der Waals surface area contributed by atoms with E-state index in [4.69, 9.17) is 23.2 Å². The summed E-state index contributed by atoms with van der Waals surface area (Å²) in [6.07, 6.45) is 0.337. The van der Waals surface area contributed by atoms with Gasteiger partial charge in [-0.15, -0.1) is 0 Å². The van der Waals surface area contributed by atoms with Crippen LogP contribution in [0.1, 0.15) is 19.4 Å². The molecule has 18 heavy (non-hydrogen) atoms. The molecule has 0 radical (unpaired) electrons. The van der Waals surface area contributed by atoms with Crippen molar-refractivity contribution in [3.8, 4) is 0 Å². The summed E-state index contributed by atoms with van der Waals surface area (Å²) < 4.78 is 0. The number of halogens is 2. The van der Waals surface area contributed by atoms with Gasteiger partial charge in [0.05, 0.1) is 16.5 Å². The molecule has 0 heterocycles. The molecule has 0 aliphatic heterocycles. The summed E-state index contributed by atoms with van der Waals surface area (Å²) in [6, 6.07) is 5.25. The van der Waals surface area contributed by atoms with Gasteiger partial charge in [0.25, 0.3) is 0 Å². The van der Waals surface area contributed by atoms with Gasteiger partial charge in [0.1, 0.15) is 0 Å². The van der Waals surface area contributed by atoms with Crippen molar-refractivity contribution < 1.29 is 4.79 Å². The van der Waals surface area contributed by atoms with E-state index in [9.17, 15) is 4.79 Å². The zero-order valence-electron chi connectivity index (χ0n) is 10.5. The van der Waals surface area contributed by atoms with Gasteiger partial charge in [-0.05, 0) is 22.9 Å². The molecule has 1 rings (SSSR count). The molecular formula is C13H17Cl2NOS. The van der Waals surface area contributed by atoms with Gasteiger partial charge in [0.15, 0.2) is 0 Å². The first-order chi connectivity index (χ1) is 8.49. The second-order valence-corrected chi connectivity index (χ2v) is 6.69. The number of rotatable bonds is 6. The lowest BCUT2D eigenvalue weighted by molar-refractivity contribution is -0.120. The van der Waals surface area contributed by atoms with E-state index >= 15 is 0 Å². The molecule has 0 unspecified atom stereocenters. The normalized spacial score (nSPS) is 10.7. The summed E-state index contributed by atoms with van der Waals surface area (Å²) in [6.45, 7) is 4.98. The van der Waals surface area contributed by atoms with Crippen LogP contribution in [0.15, 0.2) is 18.2 Å². The van der Waals surface area contributed by atoms with Crippen molar-refractivity contribution in [2.45, 2.75) is 25.5 Å². The Bertz CT molecular complexity index is 410. The third kappa shape index (κ3) is 5.98. The zero-order chi connectivity index (χ0) is 13.5. The second-order valence-electron chi connectivity index (χ2n) is 4.19. The Kier molecular flexibility index (Phi) is 6.90. The average Bonchev–Trinajstić information content (AvgIpc) is 2.29.